The molecule has 1 fully saturated rings. The number of carboxylic acid groups (broad SMARTS) is 1. The van der Waals surface area contributed by atoms with Gasteiger partial charge in [-0.3, -0.25) is 9.59 Å². The van der Waals surface area contributed by atoms with Crippen molar-refractivity contribution >= 4 is 11.9 Å². The molecule has 0 saturated heterocycles. The predicted molar refractivity (Wildman–Crippen MR) is 87.1 cm³/mol. The summed E-state index contributed by atoms with van der Waals surface area (Å²) in [7, 11) is 0. The zero-order chi connectivity index (χ0) is 16.7. The van der Waals surface area contributed by atoms with Crippen LogP contribution in [0.25, 0.3) is 0 Å². The van der Waals surface area contributed by atoms with Crippen molar-refractivity contribution in [1.82, 2.24) is 5.32 Å². The standard InChI is InChI=1S/C18H25NO4/c1-2-23-18(10-6-7-11-18)17(22)19-13-15(16(20)21)12-14-8-4-3-5-9-14/h3-5,8-9,15H,2,6-7,10-13H2,1H3,(H,19,22)(H,20,21). The Kier molecular flexibility index (Phi) is 6.16. The number of benzene rings is 1. The molecule has 0 bridgehead atoms. The van der Waals surface area contributed by atoms with E-state index in [-0.39, 0.29) is 12.5 Å². The van der Waals surface area contributed by atoms with E-state index in [2.05, 4.69) is 5.32 Å². The lowest BCUT2D eigenvalue weighted by molar-refractivity contribution is -0.147. The highest BCUT2D eigenvalue weighted by Crippen LogP contribution is 2.33. The van der Waals surface area contributed by atoms with Crippen molar-refractivity contribution in [2.75, 3.05) is 13.2 Å². The van der Waals surface area contributed by atoms with Crippen LogP contribution in [0, 0.1) is 5.92 Å². The van der Waals surface area contributed by atoms with Crippen LogP contribution in [0.5, 0.6) is 0 Å². The molecule has 1 aliphatic carbocycles. The van der Waals surface area contributed by atoms with E-state index >= 15 is 0 Å². The van der Waals surface area contributed by atoms with E-state index in [1.54, 1.807) is 0 Å². The fraction of sp³-hybridized carbons (Fsp3) is 0.556. The Morgan fingerprint density at radius 1 is 1.26 bits per heavy atom. The predicted octanol–water partition coefficient (Wildman–Crippen LogP) is 2.40. The minimum atomic E-state index is -0.897. The van der Waals surface area contributed by atoms with Gasteiger partial charge in [-0.15, -0.1) is 0 Å². The minimum absolute atomic E-state index is 0.123. The van der Waals surface area contributed by atoms with Crippen LogP contribution >= 0.6 is 0 Å². The molecule has 2 N–H and O–H groups in total. The van der Waals surface area contributed by atoms with Gasteiger partial charge < -0.3 is 15.2 Å². The number of ether oxygens (including phenoxy) is 1. The summed E-state index contributed by atoms with van der Waals surface area (Å²) in [6, 6.07) is 9.46. The van der Waals surface area contributed by atoms with Gasteiger partial charge in [-0.1, -0.05) is 30.3 Å². The molecule has 2 rings (SSSR count). The van der Waals surface area contributed by atoms with Crippen LogP contribution in [0.3, 0.4) is 0 Å². The average Bonchev–Trinajstić information content (AvgIpc) is 3.02. The second kappa shape index (κ2) is 8.11. The van der Waals surface area contributed by atoms with Gasteiger partial charge in [-0.05, 0) is 44.6 Å². The van der Waals surface area contributed by atoms with Crippen LogP contribution < -0.4 is 5.32 Å². The highest BCUT2D eigenvalue weighted by molar-refractivity contribution is 5.86. The Bertz CT molecular complexity index is 523. The monoisotopic (exact) mass is 319 g/mol. The van der Waals surface area contributed by atoms with E-state index in [9.17, 15) is 14.7 Å². The first-order valence-electron chi connectivity index (χ1n) is 8.26. The molecule has 1 unspecified atom stereocenters. The third-order valence-electron chi connectivity index (χ3n) is 4.43. The van der Waals surface area contributed by atoms with Crippen molar-refractivity contribution in [3.05, 3.63) is 35.9 Å². The minimum Gasteiger partial charge on any atom is -0.481 e. The van der Waals surface area contributed by atoms with E-state index < -0.39 is 17.5 Å². The first-order valence-corrected chi connectivity index (χ1v) is 8.26. The average molecular weight is 319 g/mol. The van der Waals surface area contributed by atoms with Crippen LogP contribution in [0.4, 0.5) is 0 Å². The Morgan fingerprint density at radius 2 is 1.91 bits per heavy atom. The summed E-state index contributed by atoms with van der Waals surface area (Å²) in [4.78, 5) is 24.0. The Hall–Kier alpha value is -1.88. The maximum atomic E-state index is 12.5. The maximum Gasteiger partial charge on any atom is 0.308 e. The van der Waals surface area contributed by atoms with Gasteiger partial charge >= 0.3 is 5.97 Å². The van der Waals surface area contributed by atoms with Crippen LogP contribution in [0.1, 0.15) is 38.2 Å². The van der Waals surface area contributed by atoms with Gasteiger partial charge in [0.1, 0.15) is 5.60 Å². The SMILES string of the molecule is CCOC1(C(=O)NCC(Cc2ccccc2)C(=O)O)CCCC1. The van der Waals surface area contributed by atoms with Crippen molar-refractivity contribution < 1.29 is 19.4 Å². The molecular formula is C18H25NO4. The van der Waals surface area contributed by atoms with Crippen molar-refractivity contribution in [1.29, 1.82) is 0 Å². The first kappa shape index (κ1) is 17.5. The quantitative estimate of drug-likeness (QED) is 0.771. The van der Waals surface area contributed by atoms with Crippen molar-refractivity contribution in [3.63, 3.8) is 0 Å². The van der Waals surface area contributed by atoms with Gasteiger partial charge in [0, 0.05) is 13.2 Å². The number of carbonyl (C=O) groups is 2. The van der Waals surface area contributed by atoms with Crippen molar-refractivity contribution in [2.24, 2.45) is 5.92 Å². The zero-order valence-corrected chi connectivity index (χ0v) is 13.6. The smallest absolute Gasteiger partial charge is 0.308 e. The fourth-order valence-electron chi connectivity index (χ4n) is 3.18. The van der Waals surface area contributed by atoms with E-state index in [0.29, 0.717) is 25.9 Å². The largest absolute Gasteiger partial charge is 0.481 e. The molecule has 1 atom stereocenters. The van der Waals surface area contributed by atoms with Gasteiger partial charge in [0.2, 0.25) is 0 Å². The summed E-state index contributed by atoms with van der Waals surface area (Å²) in [6.07, 6.45) is 3.77. The van der Waals surface area contributed by atoms with Crippen LogP contribution in [-0.2, 0) is 20.7 Å². The summed E-state index contributed by atoms with van der Waals surface area (Å²) in [5, 5.41) is 12.2. The molecule has 1 saturated carbocycles. The second-order valence-electron chi connectivity index (χ2n) is 6.07. The topological polar surface area (TPSA) is 75.6 Å². The molecule has 0 heterocycles. The third kappa shape index (κ3) is 4.55. The van der Waals surface area contributed by atoms with Gasteiger partial charge in [-0.2, -0.15) is 0 Å². The number of carboxylic acids is 1. The Balaban J connectivity index is 1.95. The summed E-state index contributed by atoms with van der Waals surface area (Å²) in [6.45, 7) is 2.49. The number of amides is 1. The lowest BCUT2D eigenvalue weighted by Gasteiger charge is -2.28. The molecule has 1 amide bonds. The van der Waals surface area contributed by atoms with Crippen LogP contribution in [0.2, 0.25) is 0 Å². The van der Waals surface area contributed by atoms with E-state index in [1.807, 2.05) is 37.3 Å². The first-order chi connectivity index (χ1) is 11.1. The molecule has 0 radical (unpaired) electrons. The zero-order valence-electron chi connectivity index (χ0n) is 13.6. The van der Waals surface area contributed by atoms with E-state index in [1.165, 1.54) is 0 Å². The number of hydrogen-bond acceptors (Lipinski definition) is 3. The van der Waals surface area contributed by atoms with Crippen LogP contribution in [0.15, 0.2) is 30.3 Å². The molecule has 0 spiro atoms. The lowest BCUT2D eigenvalue weighted by Crippen LogP contribution is -2.49. The van der Waals surface area contributed by atoms with Crippen molar-refractivity contribution in [2.45, 2.75) is 44.6 Å². The van der Waals surface area contributed by atoms with Gasteiger partial charge in [0.25, 0.3) is 5.91 Å². The van der Waals surface area contributed by atoms with Gasteiger partial charge in [-0.25, -0.2) is 0 Å². The molecule has 5 nitrogen and oxygen atoms in total. The van der Waals surface area contributed by atoms with E-state index in [0.717, 1.165) is 18.4 Å². The van der Waals surface area contributed by atoms with Gasteiger partial charge in [0.05, 0.1) is 5.92 Å². The molecule has 1 aliphatic rings. The maximum absolute atomic E-state index is 12.5. The second-order valence-corrected chi connectivity index (χ2v) is 6.07. The third-order valence-corrected chi connectivity index (χ3v) is 4.43. The highest BCUT2D eigenvalue weighted by Gasteiger charge is 2.42. The summed E-state index contributed by atoms with van der Waals surface area (Å²) < 4.78 is 5.70. The van der Waals surface area contributed by atoms with Gasteiger partial charge in [0.15, 0.2) is 0 Å². The Morgan fingerprint density at radius 3 is 2.48 bits per heavy atom. The molecule has 1 aromatic carbocycles. The molecule has 0 aromatic heterocycles. The highest BCUT2D eigenvalue weighted by atomic mass is 16.5. The van der Waals surface area contributed by atoms with E-state index in [4.69, 9.17) is 4.74 Å². The fourth-order valence-corrected chi connectivity index (χ4v) is 3.18. The number of rotatable bonds is 8. The normalized spacial score (nSPS) is 17.6. The number of aliphatic carboxylic acids is 1. The summed E-state index contributed by atoms with van der Waals surface area (Å²) >= 11 is 0. The number of nitrogens with one attached hydrogen (secondary N) is 1. The summed E-state index contributed by atoms with van der Waals surface area (Å²) in [5.41, 5.74) is 0.194. The molecule has 0 aliphatic heterocycles. The lowest BCUT2D eigenvalue weighted by atomic mass is 9.97. The molecule has 1 aromatic rings. The molecule has 126 valence electrons. The molecular weight excluding hydrogens is 294 g/mol. The molecule has 5 heteroatoms. The Labute approximate surface area is 137 Å². The van der Waals surface area contributed by atoms with Crippen LogP contribution in [-0.4, -0.2) is 35.7 Å². The summed E-state index contributed by atoms with van der Waals surface area (Å²) in [5.74, 6) is -1.70. The number of hydrogen-bond donors (Lipinski definition) is 2. The molecule has 23 heavy (non-hydrogen) atoms. The number of carbonyl (C=O) groups excluding carboxylic acids is 1. The van der Waals surface area contributed by atoms with Crippen molar-refractivity contribution in [3.8, 4) is 0 Å².